The second-order valence-electron chi connectivity index (χ2n) is 3.76. The van der Waals surface area contributed by atoms with Crippen molar-refractivity contribution >= 4 is 5.91 Å². The zero-order valence-electron chi connectivity index (χ0n) is 10.1. The van der Waals surface area contributed by atoms with E-state index < -0.39 is 0 Å². The van der Waals surface area contributed by atoms with Gasteiger partial charge in [-0.1, -0.05) is 0 Å². The predicted molar refractivity (Wildman–Crippen MR) is 64.7 cm³/mol. The van der Waals surface area contributed by atoms with Crippen molar-refractivity contribution in [3.05, 3.63) is 42.2 Å². The molecular formula is C12H13FN4O2. The van der Waals surface area contributed by atoms with Crippen LogP contribution in [0.4, 0.5) is 4.39 Å². The first kappa shape index (κ1) is 13.0. The van der Waals surface area contributed by atoms with Crippen molar-refractivity contribution in [3.8, 4) is 5.75 Å². The number of halogens is 1. The standard InChI is InChI=1S/C12H13FN4O2/c13-9-1-3-10(4-2-9)19-6-5-12(18)14-7-11-15-8-16-17-11/h1-4,8H,5-7H2,(H,14,18)(H,15,16,17). The van der Waals surface area contributed by atoms with E-state index in [1.54, 1.807) is 0 Å². The van der Waals surface area contributed by atoms with Crippen molar-refractivity contribution in [2.45, 2.75) is 13.0 Å². The Morgan fingerprint density at radius 3 is 2.84 bits per heavy atom. The Bertz CT molecular complexity index is 513. The number of rotatable bonds is 6. The topological polar surface area (TPSA) is 79.9 Å². The highest BCUT2D eigenvalue weighted by Gasteiger charge is 2.03. The first-order valence-corrected chi connectivity index (χ1v) is 5.73. The fourth-order valence-corrected chi connectivity index (χ4v) is 1.38. The monoisotopic (exact) mass is 264 g/mol. The van der Waals surface area contributed by atoms with E-state index in [0.29, 0.717) is 18.1 Å². The van der Waals surface area contributed by atoms with Gasteiger partial charge in [-0.3, -0.25) is 9.89 Å². The third-order valence-electron chi connectivity index (χ3n) is 2.33. The Morgan fingerprint density at radius 2 is 2.16 bits per heavy atom. The Labute approximate surface area is 109 Å². The summed E-state index contributed by atoms with van der Waals surface area (Å²) in [5.74, 6) is 0.646. The lowest BCUT2D eigenvalue weighted by atomic mass is 10.3. The molecule has 1 amide bonds. The molecule has 0 aliphatic carbocycles. The predicted octanol–water partition coefficient (Wildman–Crippen LogP) is 1.03. The van der Waals surface area contributed by atoms with Gasteiger partial charge in [0.1, 0.15) is 23.7 Å². The molecule has 100 valence electrons. The zero-order valence-corrected chi connectivity index (χ0v) is 10.1. The van der Waals surface area contributed by atoms with E-state index in [1.807, 2.05) is 0 Å². The molecule has 0 radical (unpaired) electrons. The van der Waals surface area contributed by atoms with Crippen LogP contribution in [0.3, 0.4) is 0 Å². The summed E-state index contributed by atoms with van der Waals surface area (Å²) in [5.41, 5.74) is 0. The minimum atomic E-state index is -0.322. The fraction of sp³-hybridized carbons (Fsp3) is 0.250. The maximum Gasteiger partial charge on any atom is 0.223 e. The fourth-order valence-electron chi connectivity index (χ4n) is 1.38. The minimum Gasteiger partial charge on any atom is -0.493 e. The Kier molecular flexibility index (Phi) is 4.44. The number of hydrogen-bond acceptors (Lipinski definition) is 4. The van der Waals surface area contributed by atoms with Gasteiger partial charge in [0.15, 0.2) is 0 Å². The van der Waals surface area contributed by atoms with Gasteiger partial charge in [-0.05, 0) is 24.3 Å². The summed E-state index contributed by atoms with van der Waals surface area (Å²) in [6.07, 6.45) is 1.59. The molecule has 6 nitrogen and oxygen atoms in total. The summed E-state index contributed by atoms with van der Waals surface area (Å²) >= 11 is 0. The third-order valence-corrected chi connectivity index (χ3v) is 2.33. The van der Waals surface area contributed by atoms with Crippen LogP contribution in [0.15, 0.2) is 30.6 Å². The SMILES string of the molecule is O=C(CCOc1ccc(F)cc1)NCc1ncn[nH]1. The van der Waals surface area contributed by atoms with Crippen molar-refractivity contribution in [2.75, 3.05) is 6.61 Å². The molecular weight excluding hydrogens is 251 g/mol. The molecule has 0 spiro atoms. The number of aromatic nitrogens is 3. The van der Waals surface area contributed by atoms with E-state index in [2.05, 4.69) is 20.5 Å². The zero-order chi connectivity index (χ0) is 13.5. The molecule has 1 aromatic heterocycles. The smallest absolute Gasteiger partial charge is 0.223 e. The van der Waals surface area contributed by atoms with Crippen molar-refractivity contribution < 1.29 is 13.9 Å². The van der Waals surface area contributed by atoms with Gasteiger partial charge in [-0.15, -0.1) is 0 Å². The van der Waals surface area contributed by atoms with Crippen molar-refractivity contribution in [3.63, 3.8) is 0 Å². The van der Waals surface area contributed by atoms with Crippen molar-refractivity contribution in [2.24, 2.45) is 0 Å². The van der Waals surface area contributed by atoms with E-state index in [0.717, 1.165) is 0 Å². The summed E-state index contributed by atoms with van der Waals surface area (Å²) < 4.78 is 17.9. The van der Waals surface area contributed by atoms with Crippen molar-refractivity contribution in [1.29, 1.82) is 0 Å². The van der Waals surface area contributed by atoms with Crippen LogP contribution < -0.4 is 10.1 Å². The average Bonchev–Trinajstić information content (AvgIpc) is 2.92. The van der Waals surface area contributed by atoms with E-state index in [9.17, 15) is 9.18 Å². The molecule has 0 saturated heterocycles. The number of H-pyrrole nitrogens is 1. The Morgan fingerprint density at radius 1 is 1.37 bits per heavy atom. The van der Waals surface area contributed by atoms with Crippen LogP contribution >= 0.6 is 0 Å². The number of aromatic amines is 1. The van der Waals surface area contributed by atoms with Gasteiger partial charge in [0, 0.05) is 0 Å². The average molecular weight is 264 g/mol. The summed E-state index contributed by atoms with van der Waals surface area (Å²) in [6.45, 7) is 0.531. The normalized spacial score (nSPS) is 10.2. The molecule has 2 rings (SSSR count). The van der Waals surface area contributed by atoms with Crippen LogP contribution in [0.5, 0.6) is 5.75 Å². The second kappa shape index (κ2) is 6.48. The molecule has 1 aromatic carbocycles. The molecule has 0 atom stereocenters. The summed E-state index contributed by atoms with van der Waals surface area (Å²) in [4.78, 5) is 15.3. The van der Waals surface area contributed by atoms with Gasteiger partial charge < -0.3 is 10.1 Å². The molecule has 19 heavy (non-hydrogen) atoms. The lowest BCUT2D eigenvalue weighted by Crippen LogP contribution is -2.24. The van der Waals surface area contributed by atoms with Crippen LogP contribution in [0, 0.1) is 5.82 Å². The minimum absolute atomic E-state index is 0.154. The van der Waals surface area contributed by atoms with Crippen LogP contribution in [0.2, 0.25) is 0 Å². The lowest BCUT2D eigenvalue weighted by Gasteiger charge is -2.06. The van der Waals surface area contributed by atoms with Crippen LogP contribution in [0.1, 0.15) is 12.2 Å². The van der Waals surface area contributed by atoms with Crippen LogP contribution in [-0.4, -0.2) is 27.7 Å². The number of amides is 1. The number of carbonyl (C=O) groups excluding carboxylic acids is 1. The highest BCUT2D eigenvalue weighted by molar-refractivity contribution is 5.75. The molecule has 7 heteroatoms. The van der Waals surface area contributed by atoms with Crippen LogP contribution in [-0.2, 0) is 11.3 Å². The number of ether oxygens (including phenoxy) is 1. The summed E-state index contributed by atoms with van der Waals surface area (Å²) in [5, 5.41) is 8.97. The third kappa shape index (κ3) is 4.38. The largest absolute Gasteiger partial charge is 0.493 e. The Balaban J connectivity index is 1.65. The van der Waals surface area contributed by atoms with Gasteiger partial charge in [-0.2, -0.15) is 5.10 Å². The molecule has 2 aromatic rings. The van der Waals surface area contributed by atoms with E-state index in [4.69, 9.17) is 4.74 Å². The summed E-state index contributed by atoms with van der Waals surface area (Å²) in [7, 11) is 0. The van der Waals surface area contributed by atoms with Crippen molar-refractivity contribution in [1.82, 2.24) is 20.5 Å². The number of nitrogens with one attached hydrogen (secondary N) is 2. The molecule has 0 aliphatic rings. The highest BCUT2D eigenvalue weighted by Crippen LogP contribution is 2.10. The highest BCUT2D eigenvalue weighted by atomic mass is 19.1. The number of carbonyl (C=O) groups is 1. The number of nitrogens with zero attached hydrogens (tertiary/aromatic N) is 2. The van der Waals surface area contributed by atoms with Gasteiger partial charge in [0.25, 0.3) is 0 Å². The van der Waals surface area contributed by atoms with Gasteiger partial charge in [0.2, 0.25) is 5.91 Å². The Hall–Kier alpha value is -2.44. The molecule has 0 saturated carbocycles. The van der Waals surface area contributed by atoms with E-state index in [1.165, 1.54) is 30.6 Å². The lowest BCUT2D eigenvalue weighted by molar-refractivity contribution is -0.121. The second-order valence-corrected chi connectivity index (χ2v) is 3.76. The van der Waals surface area contributed by atoms with Gasteiger partial charge in [-0.25, -0.2) is 9.37 Å². The quantitative estimate of drug-likeness (QED) is 0.816. The molecule has 0 bridgehead atoms. The number of hydrogen-bond donors (Lipinski definition) is 2. The first-order chi connectivity index (χ1) is 9.24. The molecule has 2 N–H and O–H groups in total. The molecule has 1 heterocycles. The van der Waals surface area contributed by atoms with Gasteiger partial charge in [0.05, 0.1) is 19.6 Å². The van der Waals surface area contributed by atoms with Crippen LogP contribution in [0.25, 0.3) is 0 Å². The first-order valence-electron chi connectivity index (χ1n) is 5.73. The maximum atomic E-state index is 12.6. The van der Waals surface area contributed by atoms with E-state index >= 15 is 0 Å². The molecule has 0 fully saturated rings. The van der Waals surface area contributed by atoms with E-state index in [-0.39, 0.29) is 24.8 Å². The molecule has 0 aliphatic heterocycles. The van der Waals surface area contributed by atoms with Gasteiger partial charge >= 0.3 is 0 Å². The molecule has 0 unspecified atom stereocenters. The number of benzene rings is 1. The maximum absolute atomic E-state index is 12.6. The summed E-state index contributed by atoms with van der Waals surface area (Å²) in [6, 6.07) is 5.64.